The molecule has 0 aliphatic rings. The van der Waals surface area contributed by atoms with Crippen LogP contribution in [0, 0.1) is 6.92 Å². The zero-order chi connectivity index (χ0) is 16.4. The van der Waals surface area contributed by atoms with Crippen molar-refractivity contribution < 1.29 is 4.42 Å². The molecule has 0 atom stereocenters. The monoisotopic (exact) mass is 315 g/mol. The average Bonchev–Trinajstić information content (AvgIpc) is 3.25. The Morgan fingerprint density at radius 1 is 0.958 bits per heavy atom. The summed E-state index contributed by atoms with van der Waals surface area (Å²) in [5.74, 6) is 1.47. The second-order valence-electron chi connectivity index (χ2n) is 5.71. The highest BCUT2D eigenvalue weighted by molar-refractivity contribution is 5.58. The van der Waals surface area contributed by atoms with Gasteiger partial charge in [-0.05, 0) is 17.7 Å². The molecule has 2 aromatic carbocycles. The number of aryl methyl sites for hydroxylation is 1. The first-order valence-corrected chi connectivity index (χ1v) is 7.88. The van der Waals surface area contributed by atoms with Gasteiger partial charge in [0.25, 0.3) is 0 Å². The first kappa shape index (κ1) is 14.5. The van der Waals surface area contributed by atoms with Crippen molar-refractivity contribution in [1.82, 2.24) is 14.8 Å². The zero-order valence-electron chi connectivity index (χ0n) is 13.4. The van der Waals surface area contributed by atoms with E-state index in [1.54, 1.807) is 6.20 Å². The molecule has 0 unspecified atom stereocenters. The third-order valence-electron chi connectivity index (χ3n) is 3.89. The van der Waals surface area contributed by atoms with E-state index < -0.39 is 0 Å². The fourth-order valence-corrected chi connectivity index (χ4v) is 2.72. The van der Waals surface area contributed by atoms with Crippen LogP contribution in [-0.4, -0.2) is 14.8 Å². The van der Waals surface area contributed by atoms with Crippen LogP contribution in [0.5, 0.6) is 0 Å². The van der Waals surface area contributed by atoms with Gasteiger partial charge < -0.3 is 4.42 Å². The molecule has 0 spiro atoms. The van der Waals surface area contributed by atoms with E-state index in [4.69, 9.17) is 4.42 Å². The second-order valence-corrected chi connectivity index (χ2v) is 5.71. The summed E-state index contributed by atoms with van der Waals surface area (Å²) in [5.41, 5.74) is 4.31. The third-order valence-corrected chi connectivity index (χ3v) is 3.89. The highest BCUT2D eigenvalue weighted by Gasteiger charge is 2.06. The third kappa shape index (κ3) is 2.99. The molecule has 0 aliphatic heterocycles. The van der Waals surface area contributed by atoms with E-state index >= 15 is 0 Å². The molecule has 0 aliphatic carbocycles. The van der Waals surface area contributed by atoms with Crippen LogP contribution in [-0.2, 0) is 6.54 Å². The minimum absolute atomic E-state index is 0.676. The minimum Gasteiger partial charge on any atom is -0.441 e. The first-order chi connectivity index (χ1) is 11.8. The molecule has 4 aromatic rings. The molecule has 4 nitrogen and oxygen atoms in total. The molecule has 4 heteroatoms. The van der Waals surface area contributed by atoms with Crippen LogP contribution in [0.2, 0.25) is 0 Å². The molecular weight excluding hydrogens is 298 g/mol. The number of hydrogen-bond acceptors (Lipinski definition) is 3. The van der Waals surface area contributed by atoms with Gasteiger partial charge in [-0.3, -0.25) is 4.68 Å². The van der Waals surface area contributed by atoms with Crippen LogP contribution in [0.15, 0.2) is 77.5 Å². The summed E-state index contributed by atoms with van der Waals surface area (Å²) in [4.78, 5) is 4.16. The van der Waals surface area contributed by atoms with Crippen LogP contribution < -0.4 is 0 Å². The standard InChI is InChI=1S/C20H17N3O/c1-15-21-13-20(24-15)18-9-5-6-16(12-18)14-23-11-10-19(22-23)17-7-3-2-4-8-17/h2-13H,14H2,1H3. The minimum atomic E-state index is 0.676. The van der Waals surface area contributed by atoms with Gasteiger partial charge in [0, 0.05) is 24.2 Å². The maximum atomic E-state index is 5.60. The Morgan fingerprint density at radius 3 is 2.58 bits per heavy atom. The number of nitrogens with zero attached hydrogens (tertiary/aromatic N) is 3. The van der Waals surface area contributed by atoms with Gasteiger partial charge >= 0.3 is 0 Å². The lowest BCUT2D eigenvalue weighted by Gasteiger charge is -2.04. The molecule has 0 bridgehead atoms. The number of rotatable bonds is 4. The van der Waals surface area contributed by atoms with Crippen LogP contribution in [0.3, 0.4) is 0 Å². The van der Waals surface area contributed by atoms with Crippen LogP contribution in [0.4, 0.5) is 0 Å². The predicted molar refractivity (Wildman–Crippen MR) is 93.4 cm³/mol. The molecule has 2 aromatic heterocycles. The summed E-state index contributed by atoms with van der Waals surface area (Å²) in [5, 5.41) is 4.66. The van der Waals surface area contributed by atoms with Crippen LogP contribution >= 0.6 is 0 Å². The van der Waals surface area contributed by atoms with Gasteiger partial charge in [0.15, 0.2) is 11.7 Å². The fourth-order valence-electron chi connectivity index (χ4n) is 2.72. The van der Waals surface area contributed by atoms with Crippen molar-refractivity contribution in [3.63, 3.8) is 0 Å². The van der Waals surface area contributed by atoms with E-state index in [0.29, 0.717) is 12.4 Å². The molecular formula is C20H17N3O. The van der Waals surface area contributed by atoms with Crippen molar-refractivity contribution in [3.05, 3.63) is 84.5 Å². The Kier molecular flexibility index (Phi) is 3.71. The molecule has 118 valence electrons. The molecule has 0 N–H and O–H groups in total. The lowest BCUT2D eigenvalue weighted by molar-refractivity contribution is 0.534. The van der Waals surface area contributed by atoms with Crippen molar-refractivity contribution in [3.8, 4) is 22.6 Å². The van der Waals surface area contributed by atoms with Gasteiger partial charge in [-0.25, -0.2) is 4.98 Å². The SMILES string of the molecule is Cc1ncc(-c2cccc(Cn3ccc(-c4ccccc4)n3)c2)o1. The summed E-state index contributed by atoms with van der Waals surface area (Å²) >= 11 is 0. The Labute approximate surface area is 140 Å². The van der Waals surface area contributed by atoms with Crippen molar-refractivity contribution in [2.75, 3.05) is 0 Å². The van der Waals surface area contributed by atoms with Gasteiger partial charge in [-0.1, -0.05) is 48.5 Å². The topological polar surface area (TPSA) is 43.9 Å². The molecule has 0 saturated heterocycles. The second kappa shape index (κ2) is 6.16. The lowest BCUT2D eigenvalue weighted by Crippen LogP contribution is -2.00. The number of oxazole rings is 1. The Hall–Kier alpha value is -3.14. The highest BCUT2D eigenvalue weighted by Crippen LogP contribution is 2.22. The Bertz CT molecular complexity index is 954. The van der Waals surface area contributed by atoms with Crippen molar-refractivity contribution in [2.24, 2.45) is 0 Å². The largest absolute Gasteiger partial charge is 0.441 e. The molecule has 2 heterocycles. The zero-order valence-corrected chi connectivity index (χ0v) is 13.4. The van der Waals surface area contributed by atoms with Crippen LogP contribution in [0.1, 0.15) is 11.5 Å². The normalized spacial score (nSPS) is 10.9. The quantitative estimate of drug-likeness (QED) is 0.554. The van der Waals surface area contributed by atoms with Gasteiger partial charge in [0.1, 0.15) is 0 Å². The number of hydrogen-bond donors (Lipinski definition) is 0. The van der Waals surface area contributed by atoms with E-state index in [-0.39, 0.29) is 0 Å². The number of aromatic nitrogens is 3. The fraction of sp³-hybridized carbons (Fsp3) is 0.100. The van der Waals surface area contributed by atoms with E-state index in [1.807, 2.05) is 54.2 Å². The molecule has 0 amide bonds. The Morgan fingerprint density at radius 2 is 1.79 bits per heavy atom. The molecule has 0 radical (unpaired) electrons. The summed E-state index contributed by atoms with van der Waals surface area (Å²) < 4.78 is 7.55. The van der Waals surface area contributed by atoms with E-state index in [9.17, 15) is 0 Å². The van der Waals surface area contributed by atoms with Crippen molar-refractivity contribution in [2.45, 2.75) is 13.5 Å². The Balaban J connectivity index is 1.57. The predicted octanol–water partition coefficient (Wildman–Crippen LogP) is 4.56. The first-order valence-electron chi connectivity index (χ1n) is 7.88. The molecule has 0 fully saturated rings. The average molecular weight is 315 g/mol. The van der Waals surface area contributed by atoms with E-state index in [1.165, 1.54) is 5.56 Å². The van der Waals surface area contributed by atoms with Crippen LogP contribution in [0.25, 0.3) is 22.6 Å². The summed E-state index contributed by atoms with van der Waals surface area (Å²) in [6, 6.07) is 20.5. The number of benzene rings is 2. The van der Waals surface area contributed by atoms with Gasteiger partial charge in [0.2, 0.25) is 0 Å². The van der Waals surface area contributed by atoms with Gasteiger partial charge in [0.05, 0.1) is 18.4 Å². The highest BCUT2D eigenvalue weighted by atomic mass is 16.4. The summed E-state index contributed by atoms with van der Waals surface area (Å²) in [6.45, 7) is 2.57. The lowest BCUT2D eigenvalue weighted by atomic mass is 10.1. The summed E-state index contributed by atoms with van der Waals surface area (Å²) in [7, 11) is 0. The smallest absolute Gasteiger partial charge is 0.191 e. The van der Waals surface area contributed by atoms with Crippen molar-refractivity contribution >= 4 is 0 Å². The summed E-state index contributed by atoms with van der Waals surface area (Å²) in [6.07, 6.45) is 3.77. The molecule has 24 heavy (non-hydrogen) atoms. The van der Waals surface area contributed by atoms with Gasteiger partial charge in [-0.2, -0.15) is 5.10 Å². The molecule has 0 saturated carbocycles. The van der Waals surface area contributed by atoms with E-state index in [2.05, 4.69) is 34.3 Å². The maximum Gasteiger partial charge on any atom is 0.191 e. The maximum absolute atomic E-state index is 5.60. The van der Waals surface area contributed by atoms with Crippen molar-refractivity contribution in [1.29, 1.82) is 0 Å². The van der Waals surface area contributed by atoms with E-state index in [0.717, 1.165) is 22.6 Å². The van der Waals surface area contributed by atoms with Gasteiger partial charge in [-0.15, -0.1) is 0 Å². The molecule has 4 rings (SSSR count).